The number of hydrogen-bond donors (Lipinski definition) is 4. The van der Waals surface area contributed by atoms with Gasteiger partial charge in [-0.3, -0.25) is 4.79 Å². The molecule has 0 saturated carbocycles. The number of anilines is 2. The molecule has 0 aliphatic rings. The van der Waals surface area contributed by atoms with Gasteiger partial charge in [0.25, 0.3) is 0 Å². The van der Waals surface area contributed by atoms with Gasteiger partial charge >= 0.3 is 5.97 Å². The van der Waals surface area contributed by atoms with Crippen LogP contribution in [-0.2, 0) is 4.79 Å². The topological polar surface area (TPSA) is 104 Å². The van der Waals surface area contributed by atoms with Gasteiger partial charge in [0.05, 0.1) is 5.56 Å². The predicted molar refractivity (Wildman–Crippen MR) is 74.2 cm³/mol. The smallest absolute Gasteiger partial charge is 0.337 e. The minimum atomic E-state index is -1.09. The quantitative estimate of drug-likeness (QED) is 0.580. The van der Waals surface area contributed by atoms with Crippen molar-refractivity contribution in [2.45, 2.75) is 26.3 Å². The van der Waals surface area contributed by atoms with Crippen LogP contribution in [0.2, 0.25) is 0 Å². The number of carbonyl (C=O) groups excluding carboxylic acids is 1. The van der Waals surface area contributed by atoms with Gasteiger partial charge in [-0.15, -0.1) is 0 Å². The molecule has 1 aromatic rings. The van der Waals surface area contributed by atoms with Crippen molar-refractivity contribution in [1.82, 2.24) is 5.32 Å². The first kappa shape index (κ1) is 14.8. The first-order valence-corrected chi connectivity index (χ1v) is 6.12. The van der Waals surface area contributed by atoms with E-state index in [2.05, 4.69) is 10.6 Å². The summed E-state index contributed by atoms with van der Waals surface area (Å²) < 4.78 is 0. The van der Waals surface area contributed by atoms with Crippen molar-refractivity contribution < 1.29 is 14.7 Å². The van der Waals surface area contributed by atoms with Crippen molar-refractivity contribution in [2.24, 2.45) is 0 Å². The molecule has 0 bridgehead atoms. The molecule has 0 heterocycles. The number of hydrogen-bond acceptors (Lipinski definition) is 4. The van der Waals surface area contributed by atoms with Crippen LogP contribution in [0.5, 0.6) is 0 Å². The van der Waals surface area contributed by atoms with E-state index in [0.29, 0.717) is 17.9 Å². The van der Waals surface area contributed by atoms with Crippen LogP contribution >= 0.6 is 0 Å². The highest BCUT2D eigenvalue weighted by Crippen LogP contribution is 2.19. The van der Waals surface area contributed by atoms with Crippen LogP contribution in [0, 0.1) is 0 Å². The standard InChI is InChI=1S/C13H19N3O3/c1-3-6-15-12(17)8(2)16-11-5-4-9(14)7-10(11)13(18)19/h4-5,7-8,16H,3,6,14H2,1-2H3,(H,15,17)(H,18,19). The minimum Gasteiger partial charge on any atom is -0.478 e. The van der Waals surface area contributed by atoms with E-state index in [9.17, 15) is 9.59 Å². The van der Waals surface area contributed by atoms with Crippen LogP contribution < -0.4 is 16.4 Å². The average molecular weight is 265 g/mol. The molecule has 0 aromatic heterocycles. The lowest BCUT2D eigenvalue weighted by atomic mass is 10.1. The van der Waals surface area contributed by atoms with Gasteiger partial charge < -0.3 is 21.5 Å². The highest BCUT2D eigenvalue weighted by Gasteiger charge is 2.16. The fourth-order valence-corrected chi connectivity index (χ4v) is 1.56. The summed E-state index contributed by atoms with van der Waals surface area (Å²) in [4.78, 5) is 22.8. The minimum absolute atomic E-state index is 0.0511. The number of carbonyl (C=O) groups is 2. The largest absolute Gasteiger partial charge is 0.478 e. The zero-order valence-electron chi connectivity index (χ0n) is 11.1. The number of carboxylic acids is 1. The molecule has 6 heteroatoms. The van der Waals surface area contributed by atoms with Gasteiger partial charge in [-0.1, -0.05) is 6.92 Å². The van der Waals surface area contributed by atoms with E-state index in [1.807, 2.05) is 6.92 Å². The monoisotopic (exact) mass is 265 g/mol. The van der Waals surface area contributed by atoms with Crippen LogP contribution in [0.4, 0.5) is 11.4 Å². The second-order valence-electron chi connectivity index (χ2n) is 4.27. The number of benzene rings is 1. The lowest BCUT2D eigenvalue weighted by Crippen LogP contribution is -2.38. The van der Waals surface area contributed by atoms with Gasteiger partial charge in [0, 0.05) is 17.9 Å². The van der Waals surface area contributed by atoms with Gasteiger partial charge in [-0.25, -0.2) is 4.79 Å². The van der Waals surface area contributed by atoms with Crippen molar-refractivity contribution >= 4 is 23.3 Å². The summed E-state index contributed by atoms with van der Waals surface area (Å²) in [6, 6.07) is 3.99. The predicted octanol–water partition coefficient (Wildman–Crippen LogP) is 1.29. The summed E-state index contributed by atoms with van der Waals surface area (Å²) in [5, 5.41) is 14.7. The molecule has 0 saturated heterocycles. The Balaban J connectivity index is 2.81. The average Bonchev–Trinajstić information content (AvgIpc) is 2.37. The second kappa shape index (κ2) is 6.63. The summed E-state index contributed by atoms with van der Waals surface area (Å²) in [5.41, 5.74) is 6.34. The van der Waals surface area contributed by atoms with Crippen LogP contribution in [0.3, 0.4) is 0 Å². The molecule has 1 unspecified atom stereocenters. The summed E-state index contributed by atoms with van der Waals surface area (Å²) >= 11 is 0. The Hall–Kier alpha value is -2.24. The molecule has 0 spiro atoms. The fourth-order valence-electron chi connectivity index (χ4n) is 1.56. The molecule has 0 radical (unpaired) electrons. The molecule has 0 fully saturated rings. The third-order valence-corrected chi connectivity index (χ3v) is 2.59. The molecule has 0 aliphatic heterocycles. The first-order valence-electron chi connectivity index (χ1n) is 6.12. The maximum Gasteiger partial charge on any atom is 0.337 e. The number of nitrogens with one attached hydrogen (secondary N) is 2. The van der Waals surface area contributed by atoms with E-state index in [1.54, 1.807) is 19.1 Å². The summed E-state index contributed by atoms with van der Waals surface area (Å²) in [6.07, 6.45) is 0.848. The fraction of sp³-hybridized carbons (Fsp3) is 0.385. The molecule has 1 rings (SSSR count). The zero-order chi connectivity index (χ0) is 14.4. The van der Waals surface area contributed by atoms with Crippen molar-refractivity contribution in [1.29, 1.82) is 0 Å². The number of nitrogens with two attached hydrogens (primary N) is 1. The third-order valence-electron chi connectivity index (χ3n) is 2.59. The Kier molecular flexibility index (Phi) is 5.17. The second-order valence-corrected chi connectivity index (χ2v) is 4.27. The van der Waals surface area contributed by atoms with E-state index in [-0.39, 0.29) is 11.5 Å². The normalized spacial score (nSPS) is 11.7. The molecule has 1 aromatic carbocycles. The van der Waals surface area contributed by atoms with Crippen LogP contribution in [0.15, 0.2) is 18.2 Å². The first-order chi connectivity index (χ1) is 8.95. The molecule has 19 heavy (non-hydrogen) atoms. The Morgan fingerprint density at radius 3 is 2.68 bits per heavy atom. The number of carboxylic acid groups (broad SMARTS) is 1. The molecule has 5 N–H and O–H groups in total. The SMILES string of the molecule is CCCNC(=O)C(C)Nc1ccc(N)cc1C(=O)O. The van der Waals surface area contributed by atoms with Gasteiger partial charge in [0.2, 0.25) is 5.91 Å². The van der Waals surface area contributed by atoms with Crippen molar-refractivity contribution in [3.05, 3.63) is 23.8 Å². The maximum absolute atomic E-state index is 11.7. The molecule has 1 amide bonds. The Bertz CT molecular complexity index is 474. The molecular weight excluding hydrogens is 246 g/mol. The number of aromatic carboxylic acids is 1. The van der Waals surface area contributed by atoms with E-state index < -0.39 is 12.0 Å². The lowest BCUT2D eigenvalue weighted by molar-refractivity contribution is -0.121. The zero-order valence-corrected chi connectivity index (χ0v) is 11.1. The van der Waals surface area contributed by atoms with Crippen molar-refractivity contribution in [3.8, 4) is 0 Å². The van der Waals surface area contributed by atoms with Crippen LogP contribution in [0.25, 0.3) is 0 Å². The summed E-state index contributed by atoms with van der Waals surface area (Å²) in [7, 11) is 0. The molecule has 104 valence electrons. The molecule has 6 nitrogen and oxygen atoms in total. The third kappa shape index (κ3) is 4.17. The van der Waals surface area contributed by atoms with Crippen molar-refractivity contribution in [3.63, 3.8) is 0 Å². The maximum atomic E-state index is 11.7. The Morgan fingerprint density at radius 2 is 2.11 bits per heavy atom. The van der Waals surface area contributed by atoms with E-state index in [4.69, 9.17) is 10.8 Å². The van der Waals surface area contributed by atoms with Gasteiger partial charge in [-0.05, 0) is 31.5 Å². The number of rotatable bonds is 6. The highest BCUT2D eigenvalue weighted by molar-refractivity contribution is 5.96. The van der Waals surface area contributed by atoms with Gasteiger partial charge in [0.1, 0.15) is 6.04 Å². The van der Waals surface area contributed by atoms with Crippen LogP contribution in [0.1, 0.15) is 30.6 Å². The van der Waals surface area contributed by atoms with E-state index >= 15 is 0 Å². The molecule has 1 atom stereocenters. The summed E-state index contributed by atoms with van der Waals surface area (Å²) in [5.74, 6) is -1.26. The van der Waals surface area contributed by atoms with E-state index in [0.717, 1.165) is 6.42 Å². The Labute approximate surface area is 112 Å². The van der Waals surface area contributed by atoms with Gasteiger partial charge in [0.15, 0.2) is 0 Å². The van der Waals surface area contributed by atoms with Crippen molar-refractivity contribution in [2.75, 3.05) is 17.6 Å². The number of nitrogen functional groups attached to an aromatic ring is 1. The highest BCUT2D eigenvalue weighted by atomic mass is 16.4. The Morgan fingerprint density at radius 1 is 1.42 bits per heavy atom. The summed E-state index contributed by atoms with van der Waals surface area (Å²) in [6.45, 7) is 4.23. The lowest BCUT2D eigenvalue weighted by Gasteiger charge is -2.16. The number of amides is 1. The molecule has 0 aliphatic carbocycles. The van der Waals surface area contributed by atoms with Gasteiger partial charge in [-0.2, -0.15) is 0 Å². The van der Waals surface area contributed by atoms with Crippen LogP contribution in [-0.4, -0.2) is 29.6 Å². The molecular formula is C13H19N3O3. The van der Waals surface area contributed by atoms with E-state index in [1.165, 1.54) is 6.07 Å².